The molecule has 25 heavy (non-hydrogen) atoms. The summed E-state index contributed by atoms with van der Waals surface area (Å²) in [6.45, 7) is 3.47. The second kappa shape index (κ2) is 5.93. The van der Waals surface area contributed by atoms with Crippen molar-refractivity contribution in [3.63, 3.8) is 0 Å². The molecule has 0 fully saturated rings. The highest BCUT2D eigenvalue weighted by Crippen LogP contribution is 2.38. The summed E-state index contributed by atoms with van der Waals surface area (Å²) in [6, 6.07) is 3.92. The number of aromatic nitrogens is 3. The lowest BCUT2D eigenvalue weighted by Gasteiger charge is -2.06. The van der Waals surface area contributed by atoms with Crippen LogP contribution in [0, 0.1) is 19.7 Å². The molecule has 3 rings (SSSR count). The van der Waals surface area contributed by atoms with E-state index in [0.717, 1.165) is 6.07 Å². The zero-order chi connectivity index (χ0) is 18.3. The third-order valence-electron chi connectivity index (χ3n) is 3.90. The molecule has 0 spiro atoms. The van der Waals surface area contributed by atoms with Crippen LogP contribution in [-0.2, 0) is 7.05 Å². The Morgan fingerprint density at radius 2 is 2.04 bits per heavy atom. The molecule has 0 saturated carbocycles. The lowest BCUT2D eigenvalue weighted by atomic mass is 9.97. The second-order valence-electron chi connectivity index (χ2n) is 5.55. The number of halogens is 1. The first-order valence-corrected chi connectivity index (χ1v) is 7.32. The Kier molecular flexibility index (Phi) is 3.91. The van der Waals surface area contributed by atoms with E-state index in [2.05, 4.69) is 15.4 Å². The van der Waals surface area contributed by atoms with Crippen molar-refractivity contribution in [2.75, 3.05) is 0 Å². The maximum absolute atomic E-state index is 13.8. The number of nitrogens with zero attached hydrogens (tertiary/aromatic N) is 4. The van der Waals surface area contributed by atoms with Crippen LogP contribution in [0.2, 0.25) is 0 Å². The predicted octanol–water partition coefficient (Wildman–Crippen LogP) is 2.30. The van der Waals surface area contributed by atoms with Gasteiger partial charge in [-0.25, -0.2) is 4.39 Å². The van der Waals surface area contributed by atoms with Crippen LogP contribution in [0.15, 0.2) is 27.9 Å². The highest BCUT2D eigenvalue weighted by Gasteiger charge is 2.27. The number of phenols is 1. The second-order valence-corrected chi connectivity index (χ2v) is 5.55. The number of oxime groups is 1. The number of aromatic hydroxyl groups is 1. The normalized spacial score (nSPS) is 11.9. The SMILES string of the molecule is Cc1noc(C)c1-c1c(-c2ccc(O)c(F)c2)nn(C)c1/C(N)=N/O. The summed E-state index contributed by atoms with van der Waals surface area (Å²) < 4.78 is 20.5. The molecule has 1 aromatic carbocycles. The molecule has 0 atom stereocenters. The number of phenolic OH excluding ortho intramolecular Hbond substituents is 1. The molecule has 0 radical (unpaired) electrons. The maximum Gasteiger partial charge on any atom is 0.189 e. The molecule has 0 unspecified atom stereocenters. The van der Waals surface area contributed by atoms with Gasteiger partial charge in [0, 0.05) is 18.2 Å². The van der Waals surface area contributed by atoms with Crippen molar-refractivity contribution in [3.8, 4) is 28.1 Å². The van der Waals surface area contributed by atoms with Gasteiger partial charge in [0.1, 0.15) is 17.1 Å². The predicted molar refractivity (Wildman–Crippen MR) is 87.7 cm³/mol. The molecule has 8 nitrogen and oxygen atoms in total. The van der Waals surface area contributed by atoms with E-state index in [-0.39, 0.29) is 5.84 Å². The van der Waals surface area contributed by atoms with Gasteiger partial charge in [0.15, 0.2) is 17.4 Å². The van der Waals surface area contributed by atoms with E-state index in [1.807, 2.05) is 0 Å². The summed E-state index contributed by atoms with van der Waals surface area (Å²) in [5.41, 5.74) is 8.66. The molecular formula is C16H16FN5O3. The van der Waals surface area contributed by atoms with Gasteiger partial charge in [0.25, 0.3) is 0 Å². The summed E-state index contributed by atoms with van der Waals surface area (Å²) in [7, 11) is 1.62. The fourth-order valence-corrected chi connectivity index (χ4v) is 2.80. The van der Waals surface area contributed by atoms with Crippen molar-refractivity contribution < 1.29 is 19.2 Å². The summed E-state index contributed by atoms with van der Waals surface area (Å²) >= 11 is 0. The molecule has 0 saturated heterocycles. The highest BCUT2D eigenvalue weighted by molar-refractivity contribution is 6.05. The molecule has 2 heterocycles. The quantitative estimate of drug-likeness (QED) is 0.290. The van der Waals surface area contributed by atoms with E-state index < -0.39 is 11.6 Å². The molecular weight excluding hydrogens is 329 g/mol. The summed E-state index contributed by atoms with van der Waals surface area (Å²) in [5.74, 6) is -0.887. The van der Waals surface area contributed by atoms with E-state index in [1.165, 1.54) is 16.8 Å². The van der Waals surface area contributed by atoms with Crippen LogP contribution >= 0.6 is 0 Å². The van der Waals surface area contributed by atoms with Crippen molar-refractivity contribution in [1.29, 1.82) is 0 Å². The maximum atomic E-state index is 13.8. The van der Waals surface area contributed by atoms with E-state index in [1.54, 1.807) is 20.9 Å². The van der Waals surface area contributed by atoms with Crippen molar-refractivity contribution in [2.24, 2.45) is 17.9 Å². The minimum atomic E-state index is -0.779. The molecule has 0 amide bonds. The molecule has 0 bridgehead atoms. The fraction of sp³-hybridized carbons (Fsp3) is 0.188. The van der Waals surface area contributed by atoms with Gasteiger partial charge in [-0.2, -0.15) is 5.10 Å². The van der Waals surface area contributed by atoms with Gasteiger partial charge in [-0.05, 0) is 32.0 Å². The van der Waals surface area contributed by atoms with Crippen molar-refractivity contribution in [3.05, 3.63) is 41.2 Å². The van der Waals surface area contributed by atoms with Crippen LogP contribution in [-0.4, -0.2) is 31.1 Å². The first-order valence-electron chi connectivity index (χ1n) is 7.32. The van der Waals surface area contributed by atoms with Gasteiger partial charge >= 0.3 is 0 Å². The average Bonchev–Trinajstić information content (AvgIpc) is 3.08. The van der Waals surface area contributed by atoms with E-state index in [0.29, 0.717) is 39.5 Å². The topological polar surface area (TPSA) is 123 Å². The van der Waals surface area contributed by atoms with Gasteiger partial charge in [-0.3, -0.25) is 4.68 Å². The molecule has 0 aliphatic heterocycles. The molecule has 2 aromatic heterocycles. The van der Waals surface area contributed by atoms with Crippen LogP contribution in [0.3, 0.4) is 0 Å². The zero-order valence-corrected chi connectivity index (χ0v) is 13.8. The van der Waals surface area contributed by atoms with Crippen molar-refractivity contribution in [1.82, 2.24) is 14.9 Å². The van der Waals surface area contributed by atoms with Crippen molar-refractivity contribution in [2.45, 2.75) is 13.8 Å². The first kappa shape index (κ1) is 16.5. The third-order valence-corrected chi connectivity index (χ3v) is 3.90. The number of aryl methyl sites for hydroxylation is 3. The minimum Gasteiger partial charge on any atom is -0.505 e. The number of rotatable bonds is 3. The van der Waals surface area contributed by atoms with E-state index in [9.17, 15) is 9.50 Å². The van der Waals surface area contributed by atoms with Gasteiger partial charge in [-0.15, -0.1) is 0 Å². The standard InChI is InChI=1S/C16H16FN5O3/c1-7-12(8(2)25-21-7)13-14(9-4-5-11(23)10(17)6-9)19-22(3)15(13)16(18)20-24/h4-6,23-24H,1-3H3,(H2,18,20). The zero-order valence-electron chi connectivity index (χ0n) is 13.8. The largest absolute Gasteiger partial charge is 0.505 e. The summed E-state index contributed by atoms with van der Waals surface area (Å²) in [4.78, 5) is 0. The van der Waals surface area contributed by atoms with Crippen LogP contribution in [0.5, 0.6) is 5.75 Å². The first-order chi connectivity index (χ1) is 11.8. The molecule has 3 aromatic rings. The Labute approximate surface area is 142 Å². The average molecular weight is 345 g/mol. The van der Waals surface area contributed by atoms with E-state index >= 15 is 0 Å². The minimum absolute atomic E-state index is 0.157. The van der Waals surface area contributed by atoms with Gasteiger partial charge in [-0.1, -0.05) is 10.3 Å². The number of benzene rings is 1. The number of hydrogen-bond donors (Lipinski definition) is 3. The molecule has 9 heteroatoms. The Balaban J connectivity index is 2.39. The summed E-state index contributed by atoms with van der Waals surface area (Å²) in [6.07, 6.45) is 0. The Morgan fingerprint density at radius 3 is 2.60 bits per heavy atom. The number of hydrogen-bond acceptors (Lipinski definition) is 6. The molecule has 0 aliphatic rings. The Bertz CT molecular complexity index is 971. The molecule has 0 aliphatic carbocycles. The number of nitrogens with two attached hydrogens (primary N) is 1. The van der Waals surface area contributed by atoms with Gasteiger partial charge < -0.3 is 20.6 Å². The van der Waals surface area contributed by atoms with E-state index in [4.69, 9.17) is 15.5 Å². The Hall–Kier alpha value is -3.36. The summed E-state index contributed by atoms with van der Waals surface area (Å²) in [5, 5.41) is 29.9. The molecule has 4 N–H and O–H groups in total. The van der Waals surface area contributed by atoms with Crippen LogP contribution in [0.25, 0.3) is 22.4 Å². The fourth-order valence-electron chi connectivity index (χ4n) is 2.80. The van der Waals surface area contributed by atoms with Crippen LogP contribution in [0.4, 0.5) is 4.39 Å². The monoisotopic (exact) mass is 345 g/mol. The number of amidine groups is 1. The highest BCUT2D eigenvalue weighted by atomic mass is 19.1. The third kappa shape index (κ3) is 2.59. The van der Waals surface area contributed by atoms with Gasteiger partial charge in [0.2, 0.25) is 0 Å². The van der Waals surface area contributed by atoms with Crippen LogP contribution < -0.4 is 5.73 Å². The lowest BCUT2D eigenvalue weighted by Crippen LogP contribution is -2.18. The molecule has 130 valence electrons. The van der Waals surface area contributed by atoms with Crippen LogP contribution in [0.1, 0.15) is 17.1 Å². The lowest BCUT2D eigenvalue weighted by molar-refractivity contribution is 0.318. The van der Waals surface area contributed by atoms with Gasteiger partial charge in [0.05, 0.1) is 11.3 Å². The smallest absolute Gasteiger partial charge is 0.189 e. The Morgan fingerprint density at radius 1 is 1.32 bits per heavy atom. The van der Waals surface area contributed by atoms with Crippen molar-refractivity contribution >= 4 is 5.84 Å².